The first-order valence-electron chi connectivity index (χ1n) is 10.0. The minimum atomic E-state index is -3.85. The maximum Gasteiger partial charge on any atom is 0.261 e. The largest absolute Gasteiger partial charge is 0.497 e. The van der Waals surface area contributed by atoms with Gasteiger partial charge in [-0.25, -0.2) is 8.42 Å². The topological polar surface area (TPSA) is 75.7 Å². The van der Waals surface area contributed by atoms with E-state index in [0.29, 0.717) is 29.5 Å². The lowest BCUT2D eigenvalue weighted by atomic mass is 9.93. The van der Waals surface area contributed by atoms with E-state index in [4.69, 9.17) is 4.74 Å². The maximum atomic E-state index is 13.3. The number of sulfonamides is 1. The van der Waals surface area contributed by atoms with Crippen LogP contribution in [0.5, 0.6) is 5.75 Å². The number of benzene rings is 3. The molecular weight excluding hydrogens is 412 g/mol. The van der Waals surface area contributed by atoms with Crippen LogP contribution in [0.1, 0.15) is 22.8 Å². The molecule has 1 aliphatic rings. The number of para-hydroxylation sites is 1. The summed E-state index contributed by atoms with van der Waals surface area (Å²) in [5, 5.41) is 0. The number of hydrogen-bond acceptors (Lipinski definition) is 4. The molecule has 7 heteroatoms. The minimum absolute atomic E-state index is 0.0347. The van der Waals surface area contributed by atoms with Crippen LogP contribution in [0.2, 0.25) is 0 Å². The minimum Gasteiger partial charge on any atom is -0.497 e. The van der Waals surface area contributed by atoms with E-state index < -0.39 is 10.0 Å². The molecule has 0 saturated carbocycles. The third kappa shape index (κ3) is 4.41. The van der Waals surface area contributed by atoms with E-state index in [9.17, 15) is 13.2 Å². The molecule has 0 saturated heterocycles. The van der Waals surface area contributed by atoms with Crippen LogP contribution in [0.3, 0.4) is 0 Å². The third-order valence-electron chi connectivity index (χ3n) is 5.32. The molecule has 0 aromatic heterocycles. The fourth-order valence-electron chi connectivity index (χ4n) is 3.81. The van der Waals surface area contributed by atoms with Gasteiger partial charge >= 0.3 is 0 Å². The van der Waals surface area contributed by atoms with Crippen molar-refractivity contribution < 1.29 is 17.9 Å². The van der Waals surface area contributed by atoms with Crippen molar-refractivity contribution in [3.8, 4) is 5.75 Å². The van der Waals surface area contributed by atoms with Gasteiger partial charge in [-0.1, -0.05) is 31.2 Å². The van der Waals surface area contributed by atoms with Gasteiger partial charge in [0.1, 0.15) is 5.75 Å². The quantitative estimate of drug-likeness (QED) is 0.646. The van der Waals surface area contributed by atoms with E-state index in [1.807, 2.05) is 24.3 Å². The first kappa shape index (κ1) is 20.9. The molecule has 1 heterocycles. The Hall–Kier alpha value is -3.32. The molecule has 3 aromatic carbocycles. The van der Waals surface area contributed by atoms with Crippen LogP contribution in [-0.2, 0) is 16.4 Å². The van der Waals surface area contributed by atoms with Crippen LogP contribution in [-0.4, -0.2) is 28.0 Å². The van der Waals surface area contributed by atoms with Crippen LogP contribution in [0.25, 0.3) is 0 Å². The molecule has 0 fully saturated rings. The van der Waals surface area contributed by atoms with Gasteiger partial charge < -0.3 is 9.64 Å². The fourth-order valence-corrected chi connectivity index (χ4v) is 4.92. The molecule has 6 nitrogen and oxygen atoms in total. The van der Waals surface area contributed by atoms with Crippen molar-refractivity contribution in [3.05, 3.63) is 83.9 Å². The monoisotopic (exact) mass is 436 g/mol. The lowest BCUT2D eigenvalue weighted by molar-refractivity contribution is 0.0981. The lowest BCUT2D eigenvalue weighted by Gasteiger charge is -2.33. The molecule has 0 radical (unpaired) electrons. The van der Waals surface area contributed by atoms with Crippen molar-refractivity contribution in [2.45, 2.75) is 18.2 Å². The third-order valence-corrected chi connectivity index (χ3v) is 6.70. The number of amides is 1. The fraction of sp³-hybridized carbons (Fsp3) is 0.208. The molecule has 1 atom stereocenters. The maximum absolute atomic E-state index is 13.3. The molecule has 31 heavy (non-hydrogen) atoms. The molecule has 0 aliphatic carbocycles. The van der Waals surface area contributed by atoms with Crippen LogP contribution in [0.4, 0.5) is 11.4 Å². The molecule has 0 bridgehead atoms. The summed E-state index contributed by atoms with van der Waals surface area (Å²) in [6.07, 6.45) is 0.917. The summed E-state index contributed by atoms with van der Waals surface area (Å²) in [6.45, 7) is 2.70. The Morgan fingerprint density at radius 1 is 1.03 bits per heavy atom. The number of carbonyl (C=O) groups is 1. The summed E-state index contributed by atoms with van der Waals surface area (Å²) in [7, 11) is -2.31. The Labute approximate surface area is 182 Å². The van der Waals surface area contributed by atoms with Gasteiger partial charge in [0.05, 0.1) is 12.0 Å². The zero-order chi connectivity index (χ0) is 22.0. The smallest absolute Gasteiger partial charge is 0.261 e. The van der Waals surface area contributed by atoms with E-state index in [1.165, 1.54) is 12.1 Å². The van der Waals surface area contributed by atoms with Crippen molar-refractivity contribution in [1.82, 2.24) is 0 Å². The van der Waals surface area contributed by atoms with Crippen molar-refractivity contribution in [3.63, 3.8) is 0 Å². The average molecular weight is 437 g/mol. The van der Waals surface area contributed by atoms with Gasteiger partial charge in [-0.3, -0.25) is 9.52 Å². The number of methoxy groups -OCH3 is 1. The molecule has 1 aliphatic heterocycles. The average Bonchev–Trinajstić information content (AvgIpc) is 2.78. The molecule has 1 unspecified atom stereocenters. The predicted octanol–water partition coefficient (Wildman–Crippen LogP) is 4.34. The van der Waals surface area contributed by atoms with Crippen molar-refractivity contribution in [1.29, 1.82) is 0 Å². The second-order valence-corrected chi connectivity index (χ2v) is 9.40. The van der Waals surface area contributed by atoms with Gasteiger partial charge in [0.25, 0.3) is 15.9 Å². The van der Waals surface area contributed by atoms with E-state index in [2.05, 4.69) is 11.6 Å². The standard InChI is InChI=1S/C24H24N2O4S/c1-17-14-18-6-3-4-9-23(18)26(16-17)24(27)19-7-5-8-22(15-19)31(28,29)25-20-10-12-21(30-2)13-11-20/h3-13,15,17,25H,14,16H2,1-2H3. The Balaban J connectivity index is 1.61. The number of nitrogens with zero attached hydrogens (tertiary/aromatic N) is 1. The van der Waals surface area contributed by atoms with Gasteiger partial charge in [-0.05, 0) is 66.4 Å². The van der Waals surface area contributed by atoms with Gasteiger partial charge in [0.2, 0.25) is 0 Å². The highest BCUT2D eigenvalue weighted by molar-refractivity contribution is 7.92. The summed E-state index contributed by atoms with van der Waals surface area (Å²) < 4.78 is 33.4. The van der Waals surface area contributed by atoms with Crippen LogP contribution in [0.15, 0.2) is 77.7 Å². The number of ether oxygens (including phenoxy) is 1. The number of rotatable bonds is 5. The first-order valence-corrected chi connectivity index (χ1v) is 11.5. The zero-order valence-corrected chi connectivity index (χ0v) is 18.2. The summed E-state index contributed by atoms with van der Waals surface area (Å²) in [5.74, 6) is 0.745. The summed E-state index contributed by atoms with van der Waals surface area (Å²) in [6, 6.07) is 20.6. The highest BCUT2D eigenvalue weighted by Gasteiger charge is 2.27. The molecule has 1 amide bonds. The normalized spacial score (nSPS) is 15.8. The van der Waals surface area contributed by atoms with Crippen molar-refractivity contribution >= 4 is 27.3 Å². The highest BCUT2D eigenvalue weighted by atomic mass is 32.2. The predicted molar refractivity (Wildman–Crippen MR) is 121 cm³/mol. The number of anilines is 2. The summed E-state index contributed by atoms with van der Waals surface area (Å²) >= 11 is 0. The lowest BCUT2D eigenvalue weighted by Crippen LogP contribution is -2.39. The Bertz CT molecular complexity index is 1210. The van der Waals surface area contributed by atoms with Crippen molar-refractivity contribution in [2.75, 3.05) is 23.3 Å². The number of hydrogen-bond donors (Lipinski definition) is 1. The van der Waals surface area contributed by atoms with Gasteiger partial charge in [0.15, 0.2) is 0 Å². The Morgan fingerprint density at radius 3 is 2.52 bits per heavy atom. The van der Waals surface area contributed by atoms with E-state index >= 15 is 0 Å². The SMILES string of the molecule is COc1ccc(NS(=O)(=O)c2cccc(C(=O)N3CC(C)Cc4ccccc43)c2)cc1. The summed E-state index contributed by atoms with van der Waals surface area (Å²) in [5.41, 5.74) is 2.76. The molecule has 1 N–H and O–H groups in total. The van der Waals surface area contributed by atoms with Crippen LogP contribution in [0, 0.1) is 5.92 Å². The molecule has 0 spiro atoms. The first-order chi connectivity index (χ1) is 14.9. The number of nitrogens with one attached hydrogen (secondary N) is 1. The van der Waals surface area contributed by atoms with Gasteiger partial charge in [-0.2, -0.15) is 0 Å². The highest BCUT2D eigenvalue weighted by Crippen LogP contribution is 2.31. The van der Waals surface area contributed by atoms with Crippen molar-refractivity contribution in [2.24, 2.45) is 5.92 Å². The van der Waals surface area contributed by atoms with E-state index in [1.54, 1.807) is 48.4 Å². The molecule has 4 rings (SSSR count). The van der Waals surface area contributed by atoms with Gasteiger partial charge in [0, 0.05) is 23.5 Å². The van der Waals surface area contributed by atoms with Crippen LogP contribution < -0.4 is 14.4 Å². The molecule has 160 valence electrons. The number of fused-ring (bicyclic) bond motifs is 1. The second kappa shape index (κ2) is 8.43. The van der Waals surface area contributed by atoms with E-state index in [-0.39, 0.29) is 10.8 Å². The van der Waals surface area contributed by atoms with Crippen LogP contribution >= 0.6 is 0 Å². The Morgan fingerprint density at radius 2 is 1.77 bits per heavy atom. The second-order valence-electron chi connectivity index (χ2n) is 7.72. The molecular formula is C24H24N2O4S. The zero-order valence-electron chi connectivity index (χ0n) is 17.4. The summed E-state index contributed by atoms with van der Waals surface area (Å²) in [4.78, 5) is 15.1. The van der Waals surface area contributed by atoms with E-state index in [0.717, 1.165) is 17.7 Å². The number of carbonyl (C=O) groups excluding carboxylic acids is 1. The molecule has 3 aromatic rings. The van der Waals surface area contributed by atoms with Gasteiger partial charge in [-0.15, -0.1) is 0 Å². The Kier molecular flexibility index (Phi) is 5.69.